The van der Waals surface area contributed by atoms with Gasteiger partial charge in [-0.05, 0) is 91.4 Å². The predicted molar refractivity (Wildman–Crippen MR) is 171 cm³/mol. The Kier molecular flexibility index (Phi) is 9.93. The average molecular weight is 579 g/mol. The number of pyridine rings is 1. The minimum Gasteiger partial charge on any atom is -0.487 e. The number of nitrogens with one attached hydrogen (secondary N) is 2. The number of aryl methyl sites for hydroxylation is 3. The monoisotopic (exact) mass is 578 g/mol. The van der Waals surface area contributed by atoms with Crippen molar-refractivity contribution in [3.8, 4) is 5.75 Å². The number of carbonyl (C=O) groups is 3. The minimum absolute atomic E-state index is 0.158. The van der Waals surface area contributed by atoms with Gasteiger partial charge in [-0.1, -0.05) is 37.3 Å². The molecule has 1 heterocycles. The third kappa shape index (κ3) is 7.27. The van der Waals surface area contributed by atoms with Crippen molar-refractivity contribution < 1.29 is 19.1 Å². The molecule has 0 spiro atoms. The molecule has 0 radical (unpaired) electrons. The number of hydrogen-bond donors (Lipinski definition) is 2. The van der Waals surface area contributed by atoms with Crippen LogP contribution in [0.15, 0.2) is 66.7 Å². The number of anilines is 1. The van der Waals surface area contributed by atoms with E-state index in [-0.39, 0.29) is 18.4 Å². The summed E-state index contributed by atoms with van der Waals surface area (Å²) in [4.78, 5) is 43.4. The first kappa shape index (κ1) is 31.0. The van der Waals surface area contributed by atoms with Crippen molar-refractivity contribution in [3.63, 3.8) is 0 Å². The predicted octanol–water partition coefficient (Wildman–Crippen LogP) is 5.45. The first-order valence-corrected chi connectivity index (χ1v) is 14.3. The molecule has 4 aromatic rings. The Labute approximate surface area is 252 Å². The van der Waals surface area contributed by atoms with Gasteiger partial charge in [0.05, 0.1) is 6.54 Å². The number of para-hydroxylation sites is 1. The number of nitrogens with zero attached hydrogens (tertiary/aromatic N) is 2. The van der Waals surface area contributed by atoms with E-state index in [4.69, 9.17) is 9.72 Å². The maximum atomic E-state index is 13.0. The second-order valence-corrected chi connectivity index (χ2v) is 10.4. The van der Waals surface area contributed by atoms with Gasteiger partial charge < -0.3 is 20.3 Å². The zero-order chi connectivity index (χ0) is 31.1. The Morgan fingerprint density at radius 3 is 2.44 bits per heavy atom. The molecule has 8 nitrogen and oxygen atoms in total. The Morgan fingerprint density at radius 1 is 1.00 bits per heavy atom. The van der Waals surface area contributed by atoms with Crippen LogP contribution in [0.4, 0.5) is 5.69 Å². The molecule has 3 aromatic carbocycles. The van der Waals surface area contributed by atoms with Crippen LogP contribution in [0.25, 0.3) is 17.0 Å². The van der Waals surface area contributed by atoms with Gasteiger partial charge in [-0.3, -0.25) is 14.4 Å². The van der Waals surface area contributed by atoms with E-state index >= 15 is 0 Å². The van der Waals surface area contributed by atoms with Gasteiger partial charge in [-0.25, -0.2) is 4.98 Å². The number of likely N-dealkylation sites (N-methyl/N-ethyl adjacent to an activating group) is 1. The van der Waals surface area contributed by atoms with Gasteiger partial charge in [0.15, 0.2) is 0 Å². The average Bonchev–Trinajstić information content (AvgIpc) is 3.01. The molecule has 222 valence electrons. The summed E-state index contributed by atoms with van der Waals surface area (Å²) in [5, 5.41) is 6.31. The van der Waals surface area contributed by atoms with E-state index in [9.17, 15) is 14.4 Å². The topological polar surface area (TPSA) is 101 Å². The van der Waals surface area contributed by atoms with Crippen LogP contribution in [0.3, 0.4) is 0 Å². The summed E-state index contributed by atoms with van der Waals surface area (Å²) in [5.41, 5.74) is 8.06. The summed E-state index contributed by atoms with van der Waals surface area (Å²) in [5.74, 6) is -0.0990. The lowest BCUT2D eigenvalue weighted by atomic mass is 10.0. The quantitative estimate of drug-likeness (QED) is 0.244. The highest BCUT2D eigenvalue weighted by Gasteiger charge is 2.18. The van der Waals surface area contributed by atoms with Gasteiger partial charge in [0, 0.05) is 42.5 Å². The van der Waals surface area contributed by atoms with Crippen molar-refractivity contribution in [2.45, 2.75) is 40.7 Å². The van der Waals surface area contributed by atoms with Crippen LogP contribution < -0.4 is 20.3 Å². The fraction of sp³-hybridized carbons (Fsp3) is 0.257. The summed E-state index contributed by atoms with van der Waals surface area (Å²) < 4.78 is 6.33. The molecule has 3 amide bonds. The number of amides is 3. The molecular formula is C35H38N4O4. The van der Waals surface area contributed by atoms with Crippen molar-refractivity contribution >= 4 is 40.4 Å². The van der Waals surface area contributed by atoms with Crippen LogP contribution in [0, 0.1) is 20.8 Å². The first-order chi connectivity index (χ1) is 20.6. The van der Waals surface area contributed by atoms with Gasteiger partial charge in [-0.2, -0.15) is 0 Å². The van der Waals surface area contributed by atoms with E-state index in [0.717, 1.165) is 56.7 Å². The van der Waals surface area contributed by atoms with Crippen LogP contribution in [-0.4, -0.2) is 43.3 Å². The fourth-order valence-corrected chi connectivity index (χ4v) is 5.00. The van der Waals surface area contributed by atoms with E-state index in [1.165, 1.54) is 11.6 Å². The molecule has 43 heavy (non-hydrogen) atoms. The minimum atomic E-state index is -0.392. The number of fused-ring (bicyclic) bond motifs is 1. The third-order valence-electron chi connectivity index (χ3n) is 7.55. The Hall–Kier alpha value is -4.98. The van der Waals surface area contributed by atoms with Crippen LogP contribution in [-0.2, 0) is 22.6 Å². The second-order valence-electron chi connectivity index (χ2n) is 10.4. The second kappa shape index (κ2) is 13.8. The van der Waals surface area contributed by atoms with E-state index < -0.39 is 5.91 Å². The summed E-state index contributed by atoms with van der Waals surface area (Å²) in [6.45, 7) is 8.30. The standard InChI is InChI=1S/C35H38N4O4/c1-7-26-19-23(3)38-34-28(26)9-8-10-31(34)43-21-29-22(2)11-17-30(24(29)4)39(6)33(41)20-37-32(40)18-14-25-12-15-27(16-13-25)35(42)36-5/h8-19H,7,20-21H2,1-6H3,(H,36,42)(H,37,40). The van der Waals surface area contributed by atoms with Crippen LogP contribution in [0.5, 0.6) is 5.75 Å². The number of rotatable bonds is 10. The summed E-state index contributed by atoms with van der Waals surface area (Å²) in [6.07, 6.45) is 3.90. The highest BCUT2D eigenvalue weighted by molar-refractivity contribution is 5.99. The van der Waals surface area contributed by atoms with Gasteiger partial charge in [0.2, 0.25) is 11.8 Å². The molecule has 0 atom stereocenters. The zero-order valence-corrected chi connectivity index (χ0v) is 25.6. The first-order valence-electron chi connectivity index (χ1n) is 14.3. The molecule has 0 aliphatic heterocycles. The maximum Gasteiger partial charge on any atom is 0.251 e. The molecule has 8 heteroatoms. The molecular weight excluding hydrogens is 540 g/mol. The SMILES string of the molecule is CCc1cc(C)nc2c(OCc3c(C)ccc(N(C)C(=O)CNC(=O)C=Cc4ccc(C(=O)NC)cc4)c3C)cccc12. The highest BCUT2D eigenvalue weighted by atomic mass is 16.5. The smallest absolute Gasteiger partial charge is 0.251 e. The van der Waals surface area contributed by atoms with Crippen molar-refractivity contribution in [3.05, 3.63) is 106 Å². The molecule has 0 bridgehead atoms. The largest absolute Gasteiger partial charge is 0.487 e. The van der Waals surface area contributed by atoms with Crippen LogP contribution >= 0.6 is 0 Å². The number of ether oxygens (including phenoxy) is 1. The van der Waals surface area contributed by atoms with Gasteiger partial charge in [0.1, 0.15) is 17.9 Å². The van der Waals surface area contributed by atoms with Gasteiger partial charge >= 0.3 is 0 Å². The fourth-order valence-electron chi connectivity index (χ4n) is 5.00. The third-order valence-corrected chi connectivity index (χ3v) is 7.55. The molecule has 2 N–H and O–H groups in total. The molecule has 0 unspecified atom stereocenters. The normalized spacial score (nSPS) is 11.0. The Morgan fingerprint density at radius 2 is 1.74 bits per heavy atom. The lowest BCUT2D eigenvalue weighted by Gasteiger charge is -2.23. The van der Waals surface area contributed by atoms with Crippen LogP contribution in [0.1, 0.15) is 50.8 Å². The lowest BCUT2D eigenvalue weighted by molar-refractivity contribution is -0.122. The lowest BCUT2D eigenvalue weighted by Crippen LogP contribution is -2.38. The summed E-state index contributed by atoms with van der Waals surface area (Å²) in [7, 11) is 3.27. The number of benzene rings is 3. The molecule has 0 saturated heterocycles. The molecule has 4 rings (SSSR count). The van der Waals surface area contributed by atoms with E-state index in [1.54, 1.807) is 49.3 Å². The maximum absolute atomic E-state index is 13.0. The van der Waals surface area contributed by atoms with E-state index in [2.05, 4.69) is 29.7 Å². The van der Waals surface area contributed by atoms with Crippen molar-refractivity contribution in [2.24, 2.45) is 0 Å². The summed E-state index contributed by atoms with van der Waals surface area (Å²) in [6, 6.07) is 18.9. The van der Waals surface area contributed by atoms with Crippen LogP contribution in [0.2, 0.25) is 0 Å². The highest BCUT2D eigenvalue weighted by Crippen LogP contribution is 2.30. The Bertz CT molecular complexity index is 1690. The van der Waals surface area contributed by atoms with E-state index in [1.807, 2.05) is 45.0 Å². The molecule has 0 aliphatic carbocycles. The van der Waals surface area contributed by atoms with Crippen molar-refractivity contribution in [1.29, 1.82) is 0 Å². The molecule has 0 aliphatic rings. The van der Waals surface area contributed by atoms with Gasteiger partial charge in [-0.15, -0.1) is 0 Å². The number of aromatic nitrogens is 1. The summed E-state index contributed by atoms with van der Waals surface area (Å²) >= 11 is 0. The Balaban J connectivity index is 1.41. The molecule has 1 aromatic heterocycles. The van der Waals surface area contributed by atoms with Crippen molar-refractivity contribution in [1.82, 2.24) is 15.6 Å². The van der Waals surface area contributed by atoms with Crippen molar-refractivity contribution in [2.75, 3.05) is 25.5 Å². The molecule has 0 fully saturated rings. The number of carbonyl (C=O) groups excluding carboxylic acids is 3. The van der Waals surface area contributed by atoms with Gasteiger partial charge in [0.25, 0.3) is 5.91 Å². The zero-order valence-electron chi connectivity index (χ0n) is 25.6. The number of hydrogen-bond acceptors (Lipinski definition) is 5. The molecule has 0 saturated carbocycles. The van der Waals surface area contributed by atoms with E-state index in [0.29, 0.717) is 12.2 Å².